The molecule has 1 heterocycles. The number of rotatable bonds is 1. The lowest BCUT2D eigenvalue weighted by Gasteiger charge is -2.35. The van der Waals surface area contributed by atoms with E-state index in [1.807, 2.05) is 14.0 Å². The fourth-order valence-electron chi connectivity index (χ4n) is 1.21. The number of halogens is 1. The number of piperazine rings is 1. The molecular formula is C6H13ClN2O2S. The van der Waals surface area contributed by atoms with Crippen molar-refractivity contribution in [3.8, 4) is 0 Å². The van der Waals surface area contributed by atoms with E-state index in [1.54, 1.807) is 0 Å². The predicted octanol–water partition coefficient (Wildman–Crippen LogP) is 0.106. The van der Waals surface area contributed by atoms with Crippen LogP contribution in [0.4, 0.5) is 0 Å². The van der Waals surface area contributed by atoms with Gasteiger partial charge in [0.05, 0.1) is 0 Å². The molecule has 0 radical (unpaired) electrons. The smallest absolute Gasteiger partial charge is 0.299 e. The van der Waals surface area contributed by atoms with Gasteiger partial charge in [0.1, 0.15) is 0 Å². The fourth-order valence-corrected chi connectivity index (χ4v) is 2.28. The molecule has 0 aromatic carbocycles. The van der Waals surface area contributed by atoms with E-state index in [9.17, 15) is 8.42 Å². The van der Waals surface area contributed by atoms with Crippen molar-refractivity contribution in [3.63, 3.8) is 0 Å². The molecule has 0 N–H and O–H groups in total. The third-order valence-corrected chi connectivity index (χ3v) is 3.76. The lowest BCUT2D eigenvalue weighted by atomic mass is 10.2. The quantitative estimate of drug-likeness (QED) is 0.580. The van der Waals surface area contributed by atoms with Crippen LogP contribution in [0.2, 0.25) is 0 Å². The Hall–Kier alpha value is 0.160. The minimum Gasteiger partial charge on any atom is -0.301 e. The molecule has 1 rings (SSSR count). The van der Waals surface area contributed by atoms with Crippen LogP contribution >= 0.6 is 10.7 Å². The monoisotopic (exact) mass is 212 g/mol. The number of hydrogen-bond acceptors (Lipinski definition) is 3. The lowest BCUT2D eigenvalue weighted by Crippen LogP contribution is -2.50. The molecule has 0 amide bonds. The molecule has 1 aliphatic rings. The van der Waals surface area contributed by atoms with Gasteiger partial charge in [-0.1, -0.05) is 0 Å². The van der Waals surface area contributed by atoms with Crippen molar-refractivity contribution >= 4 is 19.9 Å². The van der Waals surface area contributed by atoms with Gasteiger partial charge in [0.25, 0.3) is 9.24 Å². The van der Waals surface area contributed by atoms with E-state index < -0.39 is 9.24 Å². The molecule has 1 fully saturated rings. The molecule has 0 aliphatic carbocycles. The summed E-state index contributed by atoms with van der Waals surface area (Å²) in [5.74, 6) is 0. The Morgan fingerprint density at radius 1 is 1.42 bits per heavy atom. The first kappa shape index (κ1) is 10.2. The zero-order chi connectivity index (χ0) is 9.35. The zero-order valence-electron chi connectivity index (χ0n) is 7.20. The van der Waals surface area contributed by atoms with Crippen LogP contribution < -0.4 is 0 Å². The van der Waals surface area contributed by atoms with E-state index in [0.717, 1.165) is 6.54 Å². The third kappa shape index (κ3) is 2.32. The highest BCUT2D eigenvalue weighted by Crippen LogP contribution is 2.13. The van der Waals surface area contributed by atoms with Crippen LogP contribution in [0.3, 0.4) is 0 Å². The summed E-state index contributed by atoms with van der Waals surface area (Å²) in [5, 5.41) is 0. The fraction of sp³-hybridized carbons (Fsp3) is 1.00. The first-order valence-electron chi connectivity index (χ1n) is 3.81. The molecule has 0 aromatic rings. The molecule has 0 aromatic heterocycles. The Morgan fingerprint density at radius 3 is 2.42 bits per heavy atom. The molecular weight excluding hydrogens is 200 g/mol. The van der Waals surface area contributed by atoms with Crippen molar-refractivity contribution in [1.29, 1.82) is 0 Å². The second-order valence-electron chi connectivity index (χ2n) is 3.13. The Balaban J connectivity index is 2.64. The molecule has 6 heteroatoms. The maximum atomic E-state index is 10.9. The van der Waals surface area contributed by atoms with Gasteiger partial charge in [-0.15, -0.1) is 0 Å². The lowest BCUT2D eigenvalue weighted by molar-refractivity contribution is 0.161. The Bertz CT molecular complexity index is 254. The summed E-state index contributed by atoms with van der Waals surface area (Å²) in [4.78, 5) is 2.11. The molecule has 0 spiro atoms. The summed E-state index contributed by atoms with van der Waals surface area (Å²) in [6.07, 6.45) is 0. The van der Waals surface area contributed by atoms with Gasteiger partial charge in [0.15, 0.2) is 0 Å². The minimum absolute atomic E-state index is 0.243. The summed E-state index contributed by atoms with van der Waals surface area (Å²) in [5.41, 5.74) is 0. The SMILES string of the molecule is CC1CN(S(=O)(=O)Cl)CCN1C. The first-order valence-corrected chi connectivity index (χ1v) is 6.08. The molecule has 1 saturated heterocycles. The Labute approximate surface area is 77.6 Å². The molecule has 12 heavy (non-hydrogen) atoms. The topological polar surface area (TPSA) is 40.6 Å². The summed E-state index contributed by atoms with van der Waals surface area (Å²) in [6.45, 7) is 3.70. The van der Waals surface area contributed by atoms with Crippen LogP contribution in [0.15, 0.2) is 0 Å². The number of hydrogen-bond donors (Lipinski definition) is 0. The van der Waals surface area contributed by atoms with Gasteiger partial charge in [-0.2, -0.15) is 12.7 Å². The summed E-state index contributed by atoms with van der Waals surface area (Å²) >= 11 is 0. The summed E-state index contributed by atoms with van der Waals surface area (Å²) in [6, 6.07) is 0.243. The first-order chi connectivity index (χ1) is 5.41. The Morgan fingerprint density at radius 2 is 2.00 bits per heavy atom. The van der Waals surface area contributed by atoms with Crippen LogP contribution in [-0.2, 0) is 9.24 Å². The maximum absolute atomic E-state index is 10.9. The molecule has 1 aliphatic heterocycles. The molecule has 0 bridgehead atoms. The van der Waals surface area contributed by atoms with Gasteiger partial charge >= 0.3 is 0 Å². The van der Waals surface area contributed by atoms with Crippen LogP contribution in [0.25, 0.3) is 0 Å². The minimum atomic E-state index is -3.50. The second-order valence-corrected chi connectivity index (χ2v) is 5.64. The number of likely N-dealkylation sites (N-methyl/N-ethyl adjacent to an activating group) is 1. The zero-order valence-corrected chi connectivity index (χ0v) is 8.77. The Kier molecular flexibility index (Phi) is 2.98. The number of nitrogens with zero attached hydrogens (tertiary/aromatic N) is 2. The average molecular weight is 213 g/mol. The van der Waals surface area contributed by atoms with Crippen LogP contribution in [0.5, 0.6) is 0 Å². The van der Waals surface area contributed by atoms with E-state index in [0.29, 0.717) is 13.1 Å². The van der Waals surface area contributed by atoms with Gasteiger partial charge in [-0.3, -0.25) is 0 Å². The van der Waals surface area contributed by atoms with Gasteiger partial charge in [0, 0.05) is 36.4 Å². The summed E-state index contributed by atoms with van der Waals surface area (Å²) < 4.78 is 23.1. The van der Waals surface area contributed by atoms with Crippen molar-refractivity contribution in [2.75, 3.05) is 26.7 Å². The standard InChI is InChI=1S/C6H13ClN2O2S/c1-6-5-9(12(7,10)11)4-3-8(6)2/h6H,3-5H2,1-2H3. The van der Waals surface area contributed by atoms with Gasteiger partial charge in [-0.25, -0.2) is 0 Å². The van der Waals surface area contributed by atoms with Gasteiger partial charge < -0.3 is 4.90 Å². The maximum Gasteiger partial charge on any atom is 0.299 e. The van der Waals surface area contributed by atoms with Crippen LogP contribution in [-0.4, -0.2) is 50.3 Å². The molecule has 72 valence electrons. The van der Waals surface area contributed by atoms with Crippen molar-refractivity contribution in [2.45, 2.75) is 13.0 Å². The largest absolute Gasteiger partial charge is 0.301 e. The normalized spacial score (nSPS) is 29.1. The highest BCUT2D eigenvalue weighted by atomic mass is 35.7. The highest BCUT2D eigenvalue weighted by molar-refractivity contribution is 8.11. The molecule has 4 nitrogen and oxygen atoms in total. The van der Waals surface area contributed by atoms with Crippen molar-refractivity contribution in [1.82, 2.24) is 9.21 Å². The predicted molar refractivity (Wildman–Crippen MR) is 48.4 cm³/mol. The van der Waals surface area contributed by atoms with Gasteiger partial charge in [0.2, 0.25) is 0 Å². The molecule has 1 atom stereocenters. The average Bonchev–Trinajstić information content (AvgIpc) is 1.92. The van der Waals surface area contributed by atoms with Crippen LogP contribution in [0.1, 0.15) is 6.92 Å². The van der Waals surface area contributed by atoms with Crippen molar-refractivity contribution in [2.24, 2.45) is 0 Å². The third-order valence-electron chi connectivity index (χ3n) is 2.23. The van der Waals surface area contributed by atoms with E-state index in [1.165, 1.54) is 4.31 Å². The van der Waals surface area contributed by atoms with Crippen molar-refractivity contribution < 1.29 is 8.42 Å². The summed E-state index contributed by atoms with van der Waals surface area (Å²) in [7, 11) is 3.68. The molecule has 0 saturated carbocycles. The van der Waals surface area contributed by atoms with Crippen LogP contribution in [0, 0.1) is 0 Å². The van der Waals surface area contributed by atoms with E-state index >= 15 is 0 Å². The van der Waals surface area contributed by atoms with Crippen molar-refractivity contribution in [3.05, 3.63) is 0 Å². The second kappa shape index (κ2) is 3.49. The highest BCUT2D eigenvalue weighted by Gasteiger charge is 2.27. The van der Waals surface area contributed by atoms with Gasteiger partial charge in [-0.05, 0) is 14.0 Å². The van der Waals surface area contributed by atoms with E-state index in [2.05, 4.69) is 4.90 Å². The van der Waals surface area contributed by atoms with E-state index in [-0.39, 0.29) is 6.04 Å². The molecule has 1 unspecified atom stereocenters. The van der Waals surface area contributed by atoms with E-state index in [4.69, 9.17) is 10.7 Å².